The van der Waals surface area contributed by atoms with Gasteiger partial charge in [0.05, 0.1) is 5.02 Å². The molecule has 1 aliphatic rings. The van der Waals surface area contributed by atoms with E-state index in [-0.39, 0.29) is 22.8 Å². The number of nitrogens with zero attached hydrogens (tertiary/aromatic N) is 1. The third-order valence-electron chi connectivity index (χ3n) is 4.45. The Bertz CT molecular complexity index is 825. The number of nitrogens with one attached hydrogen (secondary N) is 1. The highest BCUT2D eigenvalue weighted by Gasteiger charge is 2.30. The van der Waals surface area contributed by atoms with Crippen molar-refractivity contribution in [2.24, 2.45) is 5.92 Å². The Morgan fingerprint density at radius 1 is 1.26 bits per heavy atom. The Labute approximate surface area is 162 Å². The molecule has 7 heteroatoms. The van der Waals surface area contributed by atoms with Crippen molar-refractivity contribution in [3.8, 4) is 5.75 Å². The predicted octanol–water partition coefficient (Wildman–Crippen LogP) is 3.19. The zero-order valence-electron chi connectivity index (χ0n) is 14.8. The highest BCUT2D eigenvalue weighted by atomic mass is 35.5. The van der Waals surface area contributed by atoms with Gasteiger partial charge in [0.2, 0.25) is 12.0 Å². The van der Waals surface area contributed by atoms with Crippen LogP contribution >= 0.6 is 11.6 Å². The molecule has 3 rings (SSSR count). The van der Waals surface area contributed by atoms with E-state index in [9.17, 15) is 14.0 Å². The number of ether oxygens (including phenoxy) is 1. The number of amides is 2. The van der Waals surface area contributed by atoms with Crippen molar-refractivity contribution in [2.75, 3.05) is 19.6 Å². The van der Waals surface area contributed by atoms with E-state index in [4.69, 9.17) is 16.3 Å². The first kappa shape index (κ1) is 19.2. The largest absolute Gasteiger partial charge is 0.476 e. The van der Waals surface area contributed by atoms with Crippen LogP contribution in [0, 0.1) is 11.7 Å². The van der Waals surface area contributed by atoms with Gasteiger partial charge in [0.1, 0.15) is 11.6 Å². The molecule has 0 aliphatic carbocycles. The molecular formula is C20H20ClFN2O3. The monoisotopic (exact) mass is 390 g/mol. The smallest absolute Gasteiger partial charge is 0.265 e. The molecular weight excluding hydrogens is 371 g/mol. The highest BCUT2D eigenvalue weighted by molar-refractivity contribution is 6.30. The van der Waals surface area contributed by atoms with E-state index >= 15 is 0 Å². The second-order valence-electron chi connectivity index (χ2n) is 6.52. The van der Waals surface area contributed by atoms with Crippen LogP contribution in [0.4, 0.5) is 4.39 Å². The van der Waals surface area contributed by atoms with Gasteiger partial charge in [-0.15, -0.1) is 0 Å². The SMILES string of the molecule is CC(=O)N1CC(CNC(=O)C(Oc2ccc(F)c(Cl)c2)c2ccccc2)C1. The van der Waals surface area contributed by atoms with Crippen molar-refractivity contribution in [2.45, 2.75) is 13.0 Å². The molecule has 0 aromatic heterocycles. The van der Waals surface area contributed by atoms with Gasteiger partial charge in [-0.25, -0.2) is 4.39 Å². The summed E-state index contributed by atoms with van der Waals surface area (Å²) in [5, 5.41) is 2.81. The van der Waals surface area contributed by atoms with E-state index in [1.165, 1.54) is 25.1 Å². The maximum Gasteiger partial charge on any atom is 0.265 e. The average Bonchev–Trinajstić information content (AvgIpc) is 2.61. The quantitative estimate of drug-likeness (QED) is 0.824. The Morgan fingerprint density at radius 3 is 2.59 bits per heavy atom. The fourth-order valence-corrected chi connectivity index (χ4v) is 3.05. The van der Waals surface area contributed by atoms with E-state index in [0.717, 1.165) is 0 Å². The van der Waals surface area contributed by atoms with Crippen LogP contribution in [-0.2, 0) is 9.59 Å². The maximum absolute atomic E-state index is 13.4. The normalized spacial score (nSPS) is 15.0. The lowest BCUT2D eigenvalue weighted by molar-refractivity contribution is -0.135. The van der Waals surface area contributed by atoms with Crippen molar-refractivity contribution in [3.63, 3.8) is 0 Å². The second kappa shape index (κ2) is 8.39. The molecule has 1 unspecified atom stereocenters. The molecule has 2 aromatic rings. The molecule has 0 spiro atoms. The maximum atomic E-state index is 13.4. The van der Waals surface area contributed by atoms with Gasteiger partial charge < -0.3 is 15.0 Å². The van der Waals surface area contributed by atoms with E-state index in [0.29, 0.717) is 30.9 Å². The van der Waals surface area contributed by atoms with E-state index in [1.807, 2.05) is 18.2 Å². The number of carbonyl (C=O) groups is 2. The van der Waals surface area contributed by atoms with Gasteiger partial charge in [-0.05, 0) is 12.1 Å². The Balaban J connectivity index is 1.67. The Hall–Kier alpha value is -2.60. The molecule has 0 radical (unpaired) electrons. The molecule has 2 aromatic carbocycles. The lowest BCUT2D eigenvalue weighted by atomic mass is 10.00. The average molecular weight is 391 g/mol. The third kappa shape index (κ3) is 4.77. The van der Waals surface area contributed by atoms with Crippen molar-refractivity contribution in [1.29, 1.82) is 0 Å². The fourth-order valence-electron chi connectivity index (χ4n) is 2.88. The second-order valence-corrected chi connectivity index (χ2v) is 6.93. The first-order valence-electron chi connectivity index (χ1n) is 8.64. The van der Waals surface area contributed by atoms with Crippen LogP contribution in [0.25, 0.3) is 0 Å². The zero-order valence-corrected chi connectivity index (χ0v) is 15.6. The lowest BCUT2D eigenvalue weighted by Gasteiger charge is -2.38. The Kier molecular flexibility index (Phi) is 5.96. The summed E-state index contributed by atoms with van der Waals surface area (Å²) in [5.41, 5.74) is 0.675. The fraction of sp³-hybridized carbons (Fsp3) is 0.300. The first-order chi connectivity index (χ1) is 12.9. The molecule has 0 saturated carbocycles. The number of halogens is 2. The van der Waals surface area contributed by atoms with E-state index in [2.05, 4.69) is 5.32 Å². The van der Waals surface area contributed by atoms with Crippen LogP contribution in [-0.4, -0.2) is 36.3 Å². The van der Waals surface area contributed by atoms with E-state index in [1.54, 1.807) is 17.0 Å². The van der Waals surface area contributed by atoms with Crippen LogP contribution in [0.15, 0.2) is 48.5 Å². The molecule has 1 saturated heterocycles. The number of hydrogen-bond acceptors (Lipinski definition) is 3. The third-order valence-corrected chi connectivity index (χ3v) is 4.74. The molecule has 5 nitrogen and oxygen atoms in total. The van der Waals surface area contributed by atoms with Crippen molar-refractivity contribution >= 4 is 23.4 Å². The molecule has 1 N–H and O–H groups in total. The topological polar surface area (TPSA) is 58.6 Å². The molecule has 0 bridgehead atoms. The summed E-state index contributed by atoms with van der Waals surface area (Å²) in [4.78, 5) is 25.7. The van der Waals surface area contributed by atoms with Gasteiger partial charge in [0.15, 0.2) is 0 Å². The number of likely N-dealkylation sites (tertiary alicyclic amines) is 1. The van der Waals surface area contributed by atoms with Gasteiger partial charge in [-0.2, -0.15) is 0 Å². The number of carbonyl (C=O) groups excluding carboxylic acids is 2. The first-order valence-corrected chi connectivity index (χ1v) is 9.01. The molecule has 142 valence electrons. The van der Waals surface area contributed by atoms with Crippen LogP contribution in [0.1, 0.15) is 18.6 Å². The zero-order chi connectivity index (χ0) is 19.4. The molecule has 1 aliphatic heterocycles. The predicted molar refractivity (Wildman–Crippen MR) is 100.0 cm³/mol. The van der Waals surface area contributed by atoms with Crippen LogP contribution in [0.3, 0.4) is 0 Å². The van der Waals surface area contributed by atoms with Gasteiger partial charge in [-0.3, -0.25) is 9.59 Å². The number of benzene rings is 2. The van der Waals surface area contributed by atoms with Gasteiger partial charge in [0.25, 0.3) is 5.91 Å². The van der Waals surface area contributed by atoms with Crippen molar-refractivity contribution in [3.05, 3.63) is 64.9 Å². The molecule has 1 heterocycles. The molecule has 2 amide bonds. The summed E-state index contributed by atoms with van der Waals surface area (Å²) in [7, 11) is 0. The highest BCUT2D eigenvalue weighted by Crippen LogP contribution is 2.26. The minimum atomic E-state index is -0.892. The van der Waals surface area contributed by atoms with Gasteiger partial charge in [-0.1, -0.05) is 41.9 Å². The van der Waals surface area contributed by atoms with Gasteiger partial charge >= 0.3 is 0 Å². The summed E-state index contributed by atoms with van der Waals surface area (Å²) in [6, 6.07) is 13.0. The minimum absolute atomic E-state index is 0.0382. The van der Waals surface area contributed by atoms with Crippen molar-refractivity contribution < 1.29 is 18.7 Å². The van der Waals surface area contributed by atoms with Crippen LogP contribution in [0.5, 0.6) is 5.75 Å². The standard InChI is InChI=1S/C20H20ClFN2O3/c1-13(25)24-11-14(12-24)10-23-20(26)19(15-5-3-2-4-6-15)27-16-7-8-18(22)17(21)9-16/h2-9,14,19H,10-12H2,1H3,(H,23,26). The van der Waals surface area contributed by atoms with Crippen LogP contribution in [0.2, 0.25) is 5.02 Å². The summed E-state index contributed by atoms with van der Waals surface area (Å²) in [5.74, 6) is -0.282. The Morgan fingerprint density at radius 2 is 1.96 bits per heavy atom. The molecule has 1 fully saturated rings. The van der Waals surface area contributed by atoms with Crippen LogP contribution < -0.4 is 10.1 Å². The summed E-state index contributed by atoms with van der Waals surface area (Å²) in [6.45, 7) is 3.27. The molecule has 1 atom stereocenters. The van der Waals surface area contributed by atoms with Crippen molar-refractivity contribution in [1.82, 2.24) is 10.2 Å². The number of hydrogen-bond donors (Lipinski definition) is 1. The number of rotatable bonds is 6. The minimum Gasteiger partial charge on any atom is -0.476 e. The molecule has 27 heavy (non-hydrogen) atoms. The lowest BCUT2D eigenvalue weighted by Crippen LogP contribution is -2.53. The summed E-state index contributed by atoms with van der Waals surface area (Å²) in [6.07, 6.45) is -0.892. The van der Waals surface area contributed by atoms with Gasteiger partial charge in [0, 0.05) is 44.1 Å². The van der Waals surface area contributed by atoms with E-state index < -0.39 is 11.9 Å². The summed E-state index contributed by atoms with van der Waals surface area (Å²) >= 11 is 5.80. The summed E-state index contributed by atoms with van der Waals surface area (Å²) < 4.78 is 19.2.